The minimum Gasteiger partial charge on any atom is -0.501 e. The van der Waals surface area contributed by atoms with E-state index in [4.69, 9.17) is 11.6 Å². The molecule has 0 saturated carbocycles. The molecule has 0 unspecified atom stereocenters. The maximum absolute atomic E-state index is 12.3. The fourth-order valence-corrected chi connectivity index (χ4v) is 3.04. The van der Waals surface area contributed by atoms with Crippen LogP contribution in [0.15, 0.2) is 40.5 Å². The summed E-state index contributed by atoms with van der Waals surface area (Å²) in [4.78, 5) is 31.5. The number of amides is 1. The molecule has 3 N–H and O–H groups in total. The molecule has 6 nitrogen and oxygen atoms in total. The van der Waals surface area contributed by atoms with Gasteiger partial charge in [-0.05, 0) is 35.6 Å². The van der Waals surface area contributed by atoms with Crippen LogP contribution in [-0.4, -0.2) is 21.0 Å². The first-order valence-electron chi connectivity index (χ1n) is 7.36. The van der Waals surface area contributed by atoms with Gasteiger partial charge in [-0.2, -0.15) is 0 Å². The van der Waals surface area contributed by atoms with Gasteiger partial charge in [-0.3, -0.25) is 9.59 Å². The lowest BCUT2D eigenvalue weighted by molar-refractivity contribution is 0.0942. The Labute approximate surface area is 152 Å². The molecule has 1 aromatic carbocycles. The molecular formula is C17H14ClN3O3S. The van der Waals surface area contributed by atoms with Gasteiger partial charge in [0.15, 0.2) is 11.5 Å². The van der Waals surface area contributed by atoms with Crippen molar-refractivity contribution in [2.45, 2.75) is 13.5 Å². The highest BCUT2D eigenvalue weighted by Crippen LogP contribution is 2.22. The lowest BCUT2D eigenvalue weighted by Crippen LogP contribution is -2.26. The largest absolute Gasteiger partial charge is 0.501 e. The molecule has 128 valence electrons. The van der Waals surface area contributed by atoms with Crippen molar-refractivity contribution in [1.29, 1.82) is 0 Å². The molecule has 0 saturated heterocycles. The van der Waals surface area contributed by atoms with E-state index < -0.39 is 17.2 Å². The molecule has 1 amide bonds. The van der Waals surface area contributed by atoms with Crippen LogP contribution in [0.5, 0.6) is 5.75 Å². The lowest BCUT2D eigenvalue weighted by atomic mass is 10.1. The summed E-state index contributed by atoms with van der Waals surface area (Å²) in [7, 11) is 0. The molecule has 0 atom stereocenters. The first-order valence-corrected chi connectivity index (χ1v) is 8.62. The zero-order chi connectivity index (χ0) is 18.0. The van der Waals surface area contributed by atoms with Crippen LogP contribution in [0.25, 0.3) is 10.7 Å². The van der Waals surface area contributed by atoms with Gasteiger partial charge >= 0.3 is 0 Å². The third kappa shape index (κ3) is 3.72. The fraction of sp³-hybridized carbons (Fsp3) is 0.118. The Kier molecular flexibility index (Phi) is 4.87. The van der Waals surface area contributed by atoms with Crippen molar-refractivity contribution in [3.8, 4) is 16.5 Å². The molecule has 0 fully saturated rings. The van der Waals surface area contributed by atoms with Crippen molar-refractivity contribution in [3.63, 3.8) is 0 Å². The number of nitrogens with zero attached hydrogens (tertiary/aromatic N) is 1. The Bertz CT molecular complexity index is 983. The maximum atomic E-state index is 12.3. The van der Waals surface area contributed by atoms with Crippen LogP contribution in [0.3, 0.4) is 0 Å². The van der Waals surface area contributed by atoms with Crippen LogP contribution in [0.1, 0.15) is 21.6 Å². The summed E-state index contributed by atoms with van der Waals surface area (Å²) in [5.41, 5.74) is 0.658. The standard InChI is InChI=1S/C17H14ClN3O3S/c1-9-4-5-10(7-11(9)18)8-19-16(23)13-14(22)17(24)21-15(20-13)12-3-2-6-25-12/h2-7,22H,8H2,1H3,(H,19,23)(H,20,21,24). The molecule has 8 heteroatoms. The molecule has 0 aliphatic heterocycles. The number of nitrogens with one attached hydrogen (secondary N) is 2. The number of carbonyl (C=O) groups excluding carboxylic acids is 1. The van der Waals surface area contributed by atoms with E-state index in [0.29, 0.717) is 9.90 Å². The quantitative estimate of drug-likeness (QED) is 0.653. The van der Waals surface area contributed by atoms with Gasteiger partial charge in [0, 0.05) is 11.6 Å². The molecule has 2 aromatic heterocycles. The number of thiophene rings is 1. The van der Waals surface area contributed by atoms with E-state index in [1.165, 1.54) is 11.3 Å². The topological polar surface area (TPSA) is 95.1 Å². The van der Waals surface area contributed by atoms with Crippen molar-refractivity contribution < 1.29 is 9.90 Å². The summed E-state index contributed by atoms with van der Waals surface area (Å²) in [6, 6.07) is 8.99. The highest BCUT2D eigenvalue weighted by Gasteiger charge is 2.18. The Hall–Kier alpha value is -2.64. The molecule has 25 heavy (non-hydrogen) atoms. The minimum absolute atomic E-state index is 0.196. The molecular weight excluding hydrogens is 362 g/mol. The molecule has 0 aliphatic carbocycles. The second-order valence-electron chi connectivity index (χ2n) is 5.36. The zero-order valence-corrected chi connectivity index (χ0v) is 14.7. The number of carbonyl (C=O) groups is 1. The molecule has 0 spiro atoms. The molecule has 3 aromatic rings. The van der Waals surface area contributed by atoms with E-state index in [0.717, 1.165) is 11.1 Å². The lowest BCUT2D eigenvalue weighted by Gasteiger charge is -2.08. The van der Waals surface area contributed by atoms with Gasteiger partial charge in [0.05, 0.1) is 4.88 Å². The maximum Gasteiger partial charge on any atom is 0.294 e. The number of aromatic amines is 1. The second kappa shape index (κ2) is 7.08. The number of benzene rings is 1. The Morgan fingerprint density at radius 3 is 2.88 bits per heavy atom. The van der Waals surface area contributed by atoms with E-state index >= 15 is 0 Å². The van der Waals surface area contributed by atoms with E-state index in [2.05, 4.69) is 15.3 Å². The molecule has 0 radical (unpaired) electrons. The average Bonchev–Trinajstić information content (AvgIpc) is 3.12. The van der Waals surface area contributed by atoms with Crippen LogP contribution in [0.4, 0.5) is 0 Å². The number of hydrogen-bond donors (Lipinski definition) is 3. The van der Waals surface area contributed by atoms with Crippen molar-refractivity contribution in [1.82, 2.24) is 15.3 Å². The van der Waals surface area contributed by atoms with Gasteiger partial charge in [0.2, 0.25) is 5.75 Å². The molecule has 0 bridgehead atoms. The summed E-state index contributed by atoms with van der Waals surface area (Å²) in [6.45, 7) is 2.08. The van der Waals surface area contributed by atoms with E-state index in [-0.39, 0.29) is 18.1 Å². The summed E-state index contributed by atoms with van der Waals surface area (Å²) >= 11 is 7.42. The van der Waals surface area contributed by atoms with Crippen molar-refractivity contribution in [2.75, 3.05) is 0 Å². The first kappa shape index (κ1) is 17.2. The zero-order valence-electron chi connectivity index (χ0n) is 13.2. The fourth-order valence-electron chi connectivity index (χ4n) is 2.17. The van der Waals surface area contributed by atoms with Gasteiger partial charge < -0.3 is 15.4 Å². The van der Waals surface area contributed by atoms with E-state index in [9.17, 15) is 14.7 Å². The van der Waals surface area contributed by atoms with Crippen LogP contribution in [0, 0.1) is 6.92 Å². The monoisotopic (exact) mass is 375 g/mol. The van der Waals surface area contributed by atoms with E-state index in [1.807, 2.05) is 24.4 Å². The van der Waals surface area contributed by atoms with Crippen molar-refractivity contribution >= 4 is 28.8 Å². The normalized spacial score (nSPS) is 10.6. The number of H-pyrrole nitrogens is 1. The predicted molar refractivity (Wildman–Crippen MR) is 97.2 cm³/mol. The summed E-state index contributed by atoms with van der Waals surface area (Å²) < 4.78 is 0. The number of aromatic nitrogens is 2. The second-order valence-corrected chi connectivity index (χ2v) is 6.71. The van der Waals surface area contributed by atoms with Gasteiger partial charge in [-0.25, -0.2) is 4.98 Å². The smallest absolute Gasteiger partial charge is 0.294 e. The molecule has 3 rings (SSSR count). The SMILES string of the molecule is Cc1ccc(CNC(=O)c2nc(-c3cccs3)[nH]c(=O)c2O)cc1Cl. The number of hydrogen-bond acceptors (Lipinski definition) is 5. The Morgan fingerprint density at radius 2 is 2.20 bits per heavy atom. The number of rotatable bonds is 4. The van der Waals surface area contributed by atoms with Crippen LogP contribution < -0.4 is 10.9 Å². The average molecular weight is 376 g/mol. The predicted octanol–water partition coefficient (Wildman–Crippen LogP) is 3.10. The summed E-state index contributed by atoms with van der Waals surface area (Å²) in [5.74, 6) is -1.11. The third-order valence-electron chi connectivity index (χ3n) is 3.55. The minimum atomic E-state index is -0.762. The first-order chi connectivity index (χ1) is 12.0. The number of aromatic hydroxyl groups is 1. The van der Waals surface area contributed by atoms with Crippen molar-refractivity contribution in [3.05, 3.63) is 67.9 Å². The number of halogens is 1. The van der Waals surface area contributed by atoms with Crippen LogP contribution in [-0.2, 0) is 6.54 Å². The van der Waals surface area contributed by atoms with Gasteiger partial charge in [0.1, 0.15) is 0 Å². The Morgan fingerprint density at radius 1 is 1.40 bits per heavy atom. The Balaban J connectivity index is 1.84. The summed E-state index contributed by atoms with van der Waals surface area (Å²) in [6.07, 6.45) is 0. The van der Waals surface area contributed by atoms with E-state index in [1.54, 1.807) is 18.2 Å². The molecule has 2 heterocycles. The van der Waals surface area contributed by atoms with Crippen LogP contribution >= 0.6 is 22.9 Å². The summed E-state index contributed by atoms with van der Waals surface area (Å²) in [5, 5.41) is 14.9. The van der Waals surface area contributed by atoms with Crippen LogP contribution in [0.2, 0.25) is 5.02 Å². The highest BCUT2D eigenvalue weighted by molar-refractivity contribution is 7.13. The van der Waals surface area contributed by atoms with Gasteiger partial charge in [-0.1, -0.05) is 29.8 Å². The molecule has 0 aliphatic rings. The number of aryl methyl sites for hydroxylation is 1. The highest BCUT2D eigenvalue weighted by atomic mass is 35.5. The van der Waals surface area contributed by atoms with Gasteiger partial charge in [-0.15, -0.1) is 11.3 Å². The van der Waals surface area contributed by atoms with Crippen molar-refractivity contribution in [2.24, 2.45) is 0 Å². The van der Waals surface area contributed by atoms with Gasteiger partial charge in [0.25, 0.3) is 11.5 Å². The third-order valence-corrected chi connectivity index (χ3v) is 4.84.